The van der Waals surface area contributed by atoms with Crippen LogP contribution >= 0.6 is 0 Å². The molecular weight excluding hydrogens is 447 g/mol. The first-order valence-electron chi connectivity index (χ1n) is 11.7. The predicted molar refractivity (Wildman–Crippen MR) is 122 cm³/mol. The summed E-state index contributed by atoms with van der Waals surface area (Å²) >= 11 is 0. The van der Waals surface area contributed by atoms with Crippen molar-refractivity contribution in [2.24, 2.45) is 4.99 Å². The number of aromatic nitrogens is 2. The lowest BCUT2D eigenvalue weighted by Gasteiger charge is -2.29. The molecule has 1 fully saturated rings. The molecule has 1 aliphatic heterocycles. The van der Waals surface area contributed by atoms with E-state index in [0.717, 1.165) is 5.70 Å². The van der Waals surface area contributed by atoms with E-state index in [9.17, 15) is 23.1 Å². The fourth-order valence-electron chi connectivity index (χ4n) is 4.58. The molecule has 2 aromatic rings. The van der Waals surface area contributed by atoms with Gasteiger partial charge in [-0.2, -0.15) is 4.39 Å². The maximum atomic E-state index is 14.9. The largest absolute Gasteiger partial charge is 0.396 e. The van der Waals surface area contributed by atoms with Gasteiger partial charge < -0.3 is 20.7 Å². The van der Waals surface area contributed by atoms with Crippen molar-refractivity contribution in [1.29, 1.82) is 0 Å². The zero-order chi connectivity index (χ0) is 24.5. The number of nitrogens with zero attached hydrogens (tertiary/aromatic N) is 2. The van der Waals surface area contributed by atoms with Crippen LogP contribution in [0.5, 0.6) is 0 Å². The van der Waals surface area contributed by atoms with Gasteiger partial charge in [-0.1, -0.05) is 0 Å². The number of aromatic amines is 1. The molecule has 4 N–H and O–H groups in total. The van der Waals surface area contributed by atoms with Gasteiger partial charge in [-0.25, -0.2) is 13.8 Å². The molecule has 34 heavy (non-hydrogen) atoms. The summed E-state index contributed by atoms with van der Waals surface area (Å²) in [6.07, 6.45) is 2.78. The maximum absolute atomic E-state index is 14.9. The Morgan fingerprint density at radius 3 is 2.71 bits per heavy atom. The van der Waals surface area contributed by atoms with Crippen molar-refractivity contribution < 1.29 is 23.1 Å². The summed E-state index contributed by atoms with van der Waals surface area (Å²) in [7, 11) is 0. The van der Waals surface area contributed by atoms with E-state index in [-0.39, 0.29) is 61.8 Å². The highest BCUT2D eigenvalue weighted by molar-refractivity contribution is 6.09. The fraction of sp³-hybridized carbons (Fsp3) is 0.542. The number of aliphatic hydroxyl groups is 1. The lowest BCUT2D eigenvalue weighted by molar-refractivity contribution is -0.0361. The number of fused-ring (bicyclic) bond motifs is 1. The molecule has 184 valence electrons. The van der Waals surface area contributed by atoms with Gasteiger partial charge in [0.15, 0.2) is 5.78 Å². The van der Waals surface area contributed by atoms with Gasteiger partial charge in [-0.05, 0) is 45.2 Å². The van der Waals surface area contributed by atoms with Crippen LogP contribution < -0.4 is 21.3 Å². The summed E-state index contributed by atoms with van der Waals surface area (Å²) in [4.78, 5) is 24.8. The highest BCUT2D eigenvalue weighted by Crippen LogP contribution is 2.34. The minimum atomic E-state index is -2.65. The Balaban J connectivity index is 1.59. The zero-order valence-electron chi connectivity index (χ0n) is 19.3. The molecule has 0 saturated heterocycles. The third-order valence-corrected chi connectivity index (χ3v) is 6.40. The molecule has 1 aliphatic carbocycles. The summed E-state index contributed by atoms with van der Waals surface area (Å²) in [5.74, 6) is -3.87. The van der Waals surface area contributed by atoms with E-state index in [2.05, 4.69) is 25.6 Å². The first-order valence-corrected chi connectivity index (χ1v) is 11.7. The van der Waals surface area contributed by atoms with E-state index in [1.165, 1.54) is 18.3 Å². The van der Waals surface area contributed by atoms with Gasteiger partial charge in [0.1, 0.15) is 11.3 Å². The van der Waals surface area contributed by atoms with Gasteiger partial charge in [0, 0.05) is 55.1 Å². The van der Waals surface area contributed by atoms with Gasteiger partial charge >= 0.3 is 0 Å². The molecule has 0 radical (unpaired) electrons. The van der Waals surface area contributed by atoms with Crippen molar-refractivity contribution in [3.8, 4) is 0 Å². The minimum Gasteiger partial charge on any atom is -0.396 e. The molecule has 2 atom stereocenters. The number of ketones is 1. The molecule has 0 spiro atoms. The number of aliphatic hydroxyl groups excluding tert-OH is 1. The van der Waals surface area contributed by atoms with Crippen molar-refractivity contribution in [3.63, 3.8) is 0 Å². The van der Waals surface area contributed by atoms with E-state index < -0.39 is 17.7 Å². The summed E-state index contributed by atoms with van der Waals surface area (Å²) in [6, 6.07) is 2.65. The number of anilines is 1. The second-order valence-corrected chi connectivity index (χ2v) is 9.28. The number of carbonyl (C=O) groups is 1. The second kappa shape index (κ2) is 9.77. The molecule has 7 nitrogen and oxygen atoms in total. The average molecular weight is 478 g/mol. The van der Waals surface area contributed by atoms with Crippen molar-refractivity contribution in [2.45, 2.75) is 76.4 Å². The van der Waals surface area contributed by atoms with Crippen LogP contribution in [-0.2, 0) is 0 Å². The number of carbonyl (C=O) groups excluding carboxylic acids is 1. The molecule has 2 aromatic heterocycles. The van der Waals surface area contributed by atoms with Gasteiger partial charge in [0.05, 0.1) is 17.2 Å². The Morgan fingerprint density at radius 1 is 1.29 bits per heavy atom. The van der Waals surface area contributed by atoms with E-state index in [1.807, 2.05) is 13.8 Å². The van der Waals surface area contributed by atoms with Crippen LogP contribution in [0.2, 0.25) is 0 Å². The monoisotopic (exact) mass is 477 g/mol. The van der Waals surface area contributed by atoms with E-state index in [0.29, 0.717) is 29.1 Å². The number of rotatable bonds is 8. The topological polar surface area (TPSA) is 102 Å². The fourth-order valence-corrected chi connectivity index (χ4v) is 4.58. The molecule has 1 saturated carbocycles. The third-order valence-electron chi connectivity index (χ3n) is 6.40. The van der Waals surface area contributed by atoms with Crippen LogP contribution in [0, 0.1) is 5.95 Å². The van der Waals surface area contributed by atoms with Crippen molar-refractivity contribution in [1.82, 2.24) is 15.3 Å². The Kier molecular flexibility index (Phi) is 6.97. The molecule has 0 aromatic carbocycles. The first-order chi connectivity index (χ1) is 16.2. The molecule has 2 aliphatic rings. The van der Waals surface area contributed by atoms with Crippen LogP contribution in [0.15, 0.2) is 23.3 Å². The van der Waals surface area contributed by atoms with Crippen LogP contribution in [0.4, 0.5) is 19.0 Å². The summed E-state index contributed by atoms with van der Waals surface area (Å²) in [5.41, 5.74) is 1.49. The van der Waals surface area contributed by atoms with Crippen LogP contribution in [0.3, 0.4) is 0 Å². The Morgan fingerprint density at radius 2 is 2.03 bits per heavy atom. The predicted octanol–water partition coefficient (Wildman–Crippen LogP) is 2.65. The molecule has 2 unspecified atom stereocenters. The summed E-state index contributed by atoms with van der Waals surface area (Å²) in [5, 5.41) is 16.2. The van der Waals surface area contributed by atoms with Crippen LogP contribution in [0.1, 0.15) is 68.3 Å². The number of pyridine rings is 1. The lowest BCUT2D eigenvalue weighted by Crippen LogP contribution is -2.42. The number of hydrogen-bond donors (Lipinski definition) is 4. The molecule has 10 heteroatoms. The SMILES string of the molecule is CC1CC(NC(C)CCO)=c2c(C(=O)c3ccc(NC4CCC(F)(F)CC4)nc3F)c[nH]c2=N1. The number of H-pyrrole nitrogens is 1. The van der Waals surface area contributed by atoms with Gasteiger partial charge in [-0.15, -0.1) is 0 Å². The minimum absolute atomic E-state index is 0.00132. The second-order valence-electron chi connectivity index (χ2n) is 9.28. The molecule has 0 bridgehead atoms. The Labute approximate surface area is 195 Å². The number of alkyl halides is 2. The smallest absolute Gasteiger partial charge is 0.248 e. The molecule has 4 rings (SSSR count). The maximum Gasteiger partial charge on any atom is 0.248 e. The highest BCUT2D eigenvalue weighted by atomic mass is 19.3. The van der Waals surface area contributed by atoms with Crippen LogP contribution in [-0.4, -0.2) is 51.5 Å². The number of nitrogens with one attached hydrogen (secondary N) is 3. The van der Waals surface area contributed by atoms with E-state index >= 15 is 0 Å². The Bertz CT molecular complexity index is 1170. The van der Waals surface area contributed by atoms with Gasteiger partial charge in [-0.3, -0.25) is 9.79 Å². The van der Waals surface area contributed by atoms with Crippen molar-refractivity contribution >= 4 is 17.3 Å². The summed E-state index contributed by atoms with van der Waals surface area (Å²) < 4.78 is 41.6. The van der Waals surface area contributed by atoms with Gasteiger partial charge in [0.2, 0.25) is 11.9 Å². The van der Waals surface area contributed by atoms with E-state index in [1.54, 1.807) is 0 Å². The van der Waals surface area contributed by atoms with Crippen molar-refractivity contribution in [2.75, 3.05) is 11.9 Å². The third kappa shape index (κ3) is 5.27. The quantitative estimate of drug-likeness (QED) is 0.346. The normalized spacial score (nSPS) is 20.9. The molecular formula is C24H30F3N5O2. The zero-order valence-corrected chi connectivity index (χ0v) is 19.3. The first kappa shape index (κ1) is 24.3. The highest BCUT2D eigenvalue weighted by Gasteiger charge is 2.35. The molecule has 3 heterocycles. The van der Waals surface area contributed by atoms with Gasteiger partial charge in [0.25, 0.3) is 0 Å². The average Bonchev–Trinajstić information content (AvgIpc) is 3.19. The molecule has 0 amide bonds. The van der Waals surface area contributed by atoms with Crippen LogP contribution in [0.25, 0.3) is 5.70 Å². The van der Waals surface area contributed by atoms with E-state index in [4.69, 9.17) is 0 Å². The standard InChI is InChI=1S/C24H30F3N5O2/c1-13(7-10-33)29-18-11-14(2)30-23-20(18)17(12-28-23)21(34)16-3-4-19(32-22(16)25)31-15-5-8-24(26,27)9-6-15/h3-4,12-15,29,33H,5-11H2,1-2H3,(H,28,30)(H,31,32). The summed E-state index contributed by atoms with van der Waals surface area (Å²) in [6.45, 7) is 3.94. The number of halogens is 3. The van der Waals surface area contributed by atoms with Crippen molar-refractivity contribution in [3.05, 3.63) is 46.1 Å². The number of hydrogen-bond acceptors (Lipinski definition) is 6. The lowest BCUT2D eigenvalue weighted by atomic mass is 9.92. The Hall–Kier alpha value is -2.88.